The van der Waals surface area contributed by atoms with Crippen LogP contribution in [0.5, 0.6) is 0 Å². The van der Waals surface area contributed by atoms with Crippen LogP contribution in [0.4, 0.5) is 0 Å². The molecule has 0 amide bonds. The first-order valence-electron chi connectivity index (χ1n) is 9.02. The van der Waals surface area contributed by atoms with Crippen molar-refractivity contribution in [2.45, 2.75) is 33.2 Å². The molecule has 0 saturated carbocycles. The zero-order valence-corrected chi connectivity index (χ0v) is 17.5. The molecule has 7 nitrogen and oxygen atoms in total. The number of nitrogens with one attached hydrogen (secondary N) is 2. The molecule has 0 bridgehead atoms. The zero-order valence-electron chi connectivity index (χ0n) is 15.9. The van der Waals surface area contributed by atoms with Gasteiger partial charge in [-0.15, -0.1) is 32.9 Å². The second-order valence-electron chi connectivity index (χ2n) is 5.99. The molecule has 9 heteroatoms. The van der Waals surface area contributed by atoms with Gasteiger partial charge in [-0.05, 0) is 25.5 Å². The number of hydrogen-bond acceptors (Lipinski definition) is 6. The van der Waals surface area contributed by atoms with Gasteiger partial charge in [-0.25, -0.2) is 4.98 Å². The Kier molecular flexibility index (Phi) is 6.94. The molecule has 0 aromatic carbocycles. The lowest BCUT2D eigenvalue weighted by molar-refractivity contribution is 0.632. The van der Waals surface area contributed by atoms with E-state index in [1.807, 2.05) is 6.92 Å². The Morgan fingerprint density at radius 1 is 1.26 bits per heavy atom. The molecule has 0 aliphatic carbocycles. The van der Waals surface area contributed by atoms with Gasteiger partial charge in [-0.2, -0.15) is 0 Å². The standard InChI is InChI=1S/C18H25N7S2/c1-4-17-24-22-12-25(17)10-9-21-18(19-3)20-8-7-14-5-6-16(27-14)15-11-26-13(2)23-15/h5-6,11-12H,4,7-10H2,1-3H3,(H2,19,20,21). The third kappa shape index (κ3) is 5.36. The quantitative estimate of drug-likeness (QED) is 0.447. The van der Waals surface area contributed by atoms with Crippen molar-refractivity contribution in [3.05, 3.63) is 39.5 Å². The van der Waals surface area contributed by atoms with Gasteiger partial charge in [0.05, 0.1) is 15.6 Å². The van der Waals surface area contributed by atoms with Gasteiger partial charge < -0.3 is 15.2 Å². The van der Waals surface area contributed by atoms with Crippen LogP contribution in [0.1, 0.15) is 22.6 Å². The maximum Gasteiger partial charge on any atom is 0.191 e. The van der Waals surface area contributed by atoms with E-state index in [0.717, 1.165) is 55.0 Å². The summed E-state index contributed by atoms with van der Waals surface area (Å²) in [6.45, 7) is 6.55. The Labute approximate surface area is 167 Å². The molecule has 0 atom stereocenters. The number of aliphatic imine (C=N–C) groups is 1. The molecule has 3 aromatic heterocycles. The minimum absolute atomic E-state index is 0.775. The number of hydrogen-bond donors (Lipinski definition) is 2. The van der Waals surface area contributed by atoms with Crippen LogP contribution in [0, 0.1) is 6.92 Å². The molecule has 3 heterocycles. The molecule has 27 heavy (non-hydrogen) atoms. The van der Waals surface area contributed by atoms with Gasteiger partial charge in [0.25, 0.3) is 0 Å². The first kappa shape index (κ1) is 19.5. The van der Waals surface area contributed by atoms with Crippen molar-refractivity contribution in [3.8, 4) is 10.6 Å². The molecule has 0 radical (unpaired) electrons. The number of guanidine groups is 1. The summed E-state index contributed by atoms with van der Waals surface area (Å²) in [6, 6.07) is 4.34. The van der Waals surface area contributed by atoms with E-state index in [0.29, 0.717) is 0 Å². The summed E-state index contributed by atoms with van der Waals surface area (Å²) in [5.41, 5.74) is 1.08. The summed E-state index contributed by atoms with van der Waals surface area (Å²) < 4.78 is 2.06. The average Bonchev–Trinajstić information content (AvgIpc) is 3.40. The molecular formula is C18H25N7S2. The van der Waals surface area contributed by atoms with Gasteiger partial charge in [0.15, 0.2) is 5.96 Å². The van der Waals surface area contributed by atoms with E-state index in [2.05, 4.69) is 59.8 Å². The minimum Gasteiger partial charge on any atom is -0.356 e. The van der Waals surface area contributed by atoms with Crippen LogP contribution in [-0.4, -0.2) is 45.8 Å². The van der Waals surface area contributed by atoms with E-state index in [-0.39, 0.29) is 0 Å². The molecule has 2 N–H and O–H groups in total. The van der Waals surface area contributed by atoms with Crippen LogP contribution in [0.25, 0.3) is 10.6 Å². The third-order valence-corrected chi connectivity index (χ3v) is 6.02. The highest BCUT2D eigenvalue weighted by Crippen LogP contribution is 2.29. The maximum absolute atomic E-state index is 4.56. The third-order valence-electron chi connectivity index (χ3n) is 4.08. The van der Waals surface area contributed by atoms with Crippen LogP contribution in [-0.2, 0) is 19.4 Å². The number of nitrogens with zero attached hydrogens (tertiary/aromatic N) is 5. The highest BCUT2D eigenvalue weighted by molar-refractivity contribution is 7.16. The van der Waals surface area contributed by atoms with E-state index >= 15 is 0 Å². The molecule has 0 saturated heterocycles. The molecule has 3 aromatic rings. The summed E-state index contributed by atoms with van der Waals surface area (Å²) in [4.78, 5) is 11.4. The predicted molar refractivity (Wildman–Crippen MR) is 113 cm³/mol. The fourth-order valence-electron chi connectivity index (χ4n) is 2.69. The summed E-state index contributed by atoms with van der Waals surface area (Å²) in [5, 5.41) is 18.0. The maximum atomic E-state index is 4.56. The van der Waals surface area contributed by atoms with Crippen molar-refractivity contribution >= 4 is 28.6 Å². The Morgan fingerprint density at radius 3 is 2.85 bits per heavy atom. The predicted octanol–water partition coefficient (Wildman–Crippen LogP) is 2.74. The second-order valence-corrected chi connectivity index (χ2v) is 8.22. The summed E-state index contributed by atoms with van der Waals surface area (Å²) in [6.07, 6.45) is 3.62. The van der Waals surface area contributed by atoms with E-state index in [9.17, 15) is 0 Å². The molecular weight excluding hydrogens is 378 g/mol. The molecule has 0 spiro atoms. The Hall–Kier alpha value is -2.26. The molecule has 3 rings (SSSR count). The van der Waals surface area contributed by atoms with Crippen molar-refractivity contribution in [2.24, 2.45) is 4.99 Å². The van der Waals surface area contributed by atoms with Crippen molar-refractivity contribution in [3.63, 3.8) is 0 Å². The normalized spacial score (nSPS) is 11.7. The van der Waals surface area contributed by atoms with Crippen molar-refractivity contribution in [1.29, 1.82) is 0 Å². The average molecular weight is 404 g/mol. The van der Waals surface area contributed by atoms with Gasteiger partial charge in [0.1, 0.15) is 12.2 Å². The van der Waals surface area contributed by atoms with Crippen molar-refractivity contribution < 1.29 is 0 Å². The lowest BCUT2D eigenvalue weighted by atomic mass is 10.3. The van der Waals surface area contributed by atoms with Crippen LogP contribution >= 0.6 is 22.7 Å². The largest absolute Gasteiger partial charge is 0.356 e. The van der Waals surface area contributed by atoms with Gasteiger partial charge in [0.2, 0.25) is 0 Å². The highest BCUT2D eigenvalue weighted by Gasteiger charge is 2.07. The van der Waals surface area contributed by atoms with E-state index in [1.165, 1.54) is 9.75 Å². The fraction of sp³-hybridized carbons (Fsp3) is 0.444. The molecule has 144 valence electrons. The van der Waals surface area contributed by atoms with Crippen LogP contribution in [0.3, 0.4) is 0 Å². The highest BCUT2D eigenvalue weighted by atomic mass is 32.1. The first-order chi connectivity index (χ1) is 13.2. The molecule has 0 aliphatic rings. The van der Waals surface area contributed by atoms with Gasteiger partial charge in [-0.3, -0.25) is 4.99 Å². The molecule has 0 unspecified atom stereocenters. The van der Waals surface area contributed by atoms with Crippen molar-refractivity contribution in [1.82, 2.24) is 30.4 Å². The van der Waals surface area contributed by atoms with Crippen LogP contribution in [0.15, 0.2) is 28.8 Å². The number of thiophene rings is 1. The van der Waals surface area contributed by atoms with E-state index in [1.54, 1.807) is 36.0 Å². The number of aryl methyl sites for hydroxylation is 2. The summed E-state index contributed by atoms with van der Waals surface area (Å²) in [5.74, 6) is 1.82. The Bertz CT molecular complexity index is 878. The number of thiazole rings is 1. The summed E-state index contributed by atoms with van der Waals surface area (Å²) >= 11 is 3.50. The Morgan fingerprint density at radius 2 is 2.11 bits per heavy atom. The smallest absolute Gasteiger partial charge is 0.191 e. The van der Waals surface area contributed by atoms with Gasteiger partial charge in [-0.1, -0.05) is 6.92 Å². The lowest BCUT2D eigenvalue weighted by Crippen LogP contribution is -2.39. The Balaban J connectivity index is 1.41. The monoisotopic (exact) mass is 403 g/mol. The fourth-order valence-corrected chi connectivity index (χ4v) is 4.34. The number of rotatable bonds is 8. The molecule has 0 aliphatic heterocycles. The van der Waals surface area contributed by atoms with Gasteiger partial charge in [0, 0.05) is 43.4 Å². The topological polar surface area (TPSA) is 80.0 Å². The van der Waals surface area contributed by atoms with Crippen LogP contribution < -0.4 is 10.6 Å². The second kappa shape index (κ2) is 9.61. The van der Waals surface area contributed by atoms with E-state index in [4.69, 9.17) is 0 Å². The number of aromatic nitrogens is 4. The van der Waals surface area contributed by atoms with Crippen molar-refractivity contribution in [2.75, 3.05) is 20.1 Å². The van der Waals surface area contributed by atoms with E-state index < -0.39 is 0 Å². The lowest BCUT2D eigenvalue weighted by Gasteiger charge is -2.12. The summed E-state index contributed by atoms with van der Waals surface area (Å²) in [7, 11) is 1.79. The van der Waals surface area contributed by atoms with Gasteiger partial charge >= 0.3 is 0 Å². The first-order valence-corrected chi connectivity index (χ1v) is 10.7. The minimum atomic E-state index is 0.775. The SMILES string of the molecule is CCc1nncn1CCNC(=NC)NCCc1ccc(-c2csc(C)n2)s1. The zero-order chi connectivity index (χ0) is 19.1. The molecule has 0 fully saturated rings. The van der Waals surface area contributed by atoms with Crippen LogP contribution in [0.2, 0.25) is 0 Å².